The smallest absolute Gasteiger partial charge is 0.350 e. The van der Waals surface area contributed by atoms with Gasteiger partial charge in [0.25, 0.3) is 5.91 Å². The number of nitrogens with one attached hydrogen (secondary N) is 2. The lowest BCUT2D eigenvalue weighted by Crippen LogP contribution is -2.33. The van der Waals surface area contributed by atoms with Crippen LogP contribution in [0.25, 0.3) is 22.2 Å². The number of carbonyl (C=O) groups excluding carboxylic acids is 2. The highest BCUT2D eigenvalue weighted by Crippen LogP contribution is 2.27. The number of nitrogens with zero attached hydrogens (tertiary/aromatic N) is 4. The molecule has 0 spiro atoms. The second-order valence-electron chi connectivity index (χ2n) is 9.05. The van der Waals surface area contributed by atoms with E-state index in [4.69, 9.17) is 9.26 Å². The number of esters is 1. The number of amides is 1. The second-order valence-corrected chi connectivity index (χ2v) is 10.1. The van der Waals surface area contributed by atoms with E-state index >= 15 is 0 Å². The van der Waals surface area contributed by atoms with Gasteiger partial charge in [0.15, 0.2) is 5.13 Å². The summed E-state index contributed by atoms with van der Waals surface area (Å²) in [6.45, 7) is 8.57. The molecule has 188 valence electrons. The number of thiazole rings is 1. The van der Waals surface area contributed by atoms with Crippen LogP contribution in [0.3, 0.4) is 0 Å². The molecule has 3 N–H and O–H groups in total. The molecule has 0 saturated carbocycles. The minimum atomic E-state index is -1.40. The number of fused-ring (bicyclic) bond motifs is 1. The molecule has 0 aliphatic rings. The zero-order chi connectivity index (χ0) is 26.0. The molecule has 36 heavy (non-hydrogen) atoms. The molecule has 0 aliphatic heterocycles. The predicted molar refractivity (Wildman–Crippen MR) is 135 cm³/mol. The normalized spacial score (nSPS) is 12.4. The van der Waals surface area contributed by atoms with E-state index in [1.165, 1.54) is 0 Å². The van der Waals surface area contributed by atoms with E-state index in [1.54, 1.807) is 40.8 Å². The highest BCUT2D eigenvalue weighted by molar-refractivity contribution is 7.17. The second kappa shape index (κ2) is 9.99. The number of carbonyl (C=O) groups is 2. The number of aliphatic hydroxyl groups is 1. The van der Waals surface area contributed by atoms with Crippen LogP contribution in [0.4, 0.5) is 10.9 Å². The van der Waals surface area contributed by atoms with E-state index in [9.17, 15) is 14.7 Å². The summed E-state index contributed by atoms with van der Waals surface area (Å²) in [5.74, 6) is 0.206. The van der Waals surface area contributed by atoms with Crippen LogP contribution in [-0.4, -0.2) is 55.3 Å². The molecule has 3 heterocycles. The molecule has 0 unspecified atom stereocenters. The summed E-state index contributed by atoms with van der Waals surface area (Å²) in [5, 5.41) is 21.8. The molecule has 11 nitrogen and oxygen atoms in total. The standard InChI is InChI=1S/C24H26N6O5S/c1-12-18(22(33)34-24(3,4)5)36-23(27-12)29-21(32)17(31)11-26-20-16-10-15(19-28-13(2)35-30-19)7-6-14(16)8-9-25-20/h6-10,17,31H,11H2,1-5H3,(H,25,26)(H,27,29,32)/t17-/m0/s1. The van der Waals surface area contributed by atoms with Gasteiger partial charge in [-0.2, -0.15) is 4.98 Å². The van der Waals surface area contributed by atoms with Gasteiger partial charge in [0, 0.05) is 24.1 Å². The first kappa shape index (κ1) is 25.2. The molecule has 1 atom stereocenters. The molecular weight excluding hydrogens is 484 g/mol. The third-order valence-corrected chi connectivity index (χ3v) is 5.98. The third-order valence-electron chi connectivity index (χ3n) is 4.93. The van der Waals surface area contributed by atoms with Crippen molar-refractivity contribution in [1.82, 2.24) is 20.1 Å². The van der Waals surface area contributed by atoms with Crippen molar-refractivity contribution < 1.29 is 24.0 Å². The van der Waals surface area contributed by atoms with Crippen LogP contribution in [-0.2, 0) is 9.53 Å². The molecule has 3 aromatic heterocycles. The molecule has 0 fully saturated rings. The minimum absolute atomic E-state index is 0.104. The van der Waals surface area contributed by atoms with Crippen LogP contribution >= 0.6 is 11.3 Å². The Morgan fingerprint density at radius 3 is 2.67 bits per heavy atom. The van der Waals surface area contributed by atoms with Crippen LogP contribution in [0.5, 0.6) is 0 Å². The Morgan fingerprint density at radius 1 is 1.19 bits per heavy atom. The fourth-order valence-electron chi connectivity index (χ4n) is 3.30. The maximum Gasteiger partial charge on any atom is 0.350 e. The van der Waals surface area contributed by atoms with E-state index in [0.29, 0.717) is 28.1 Å². The van der Waals surface area contributed by atoms with Crippen molar-refractivity contribution in [2.45, 2.75) is 46.3 Å². The van der Waals surface area contributed by atoms with Gasteiger partial charge in [-0.05, 0) is 45.2 Å². The number of hydrogen-bond acceptors (Lipinski definition) is 11. The van der Waals surface area contributed by atoms with Crippen LogP contribution in [0.1, 0.15) is 42.0 Å². The van der Waals surface area contributed by atoms with Gasteiger partial charge >= 0.3 is 5.97 Å². The zero-order valence-corrected chi connectivity index (χ0v) is 21.3. The van der Waals surface area contributed by atoms with E-state index in [1.807, 2.05) is 24.3 Å². The molecular formula is C24H26N6O5S. The lowest BCUT2D eigenvalue weighted by atomic mass is 10.1. The minimum Gasteiger partial charge on any atom is -0.456 e. The summed E-state index contributed by atoms with van der Waals surface area (Å²) in [5.41, 5.74) is 0.526. The van der Waals surface area contributed by atoms with Gasteiger partial charge in [0.1, 0.15) is 22.4 Å². The first-order valence-corrected chi connectivity index (χ1v) is 11.9. The molecule has 12 heteroatoms. The van der Waals surface area contributed by atoms with Crippen molar-refractivity contribution in [2.24, 2.45) is 0 Å². The van der Waals surface area contributed by atoms with Gasteiger partial charge in [-0.1, -0.05) is 28.6 Å². The molecule has 1 amide bonds. The largest absolute Gasteiger partial charge is 0.456 e. The van der Waals surface area contributed by atoms with E-state index in [2.05, 4.69) is 30.7 Å². The summed E-state index contributed by atoms with van der Waals surface area (Å²) in [6, 6.07) is 7.49. The summed E-state index contributed by atoms with van der Waals surface area (Å²) in [4.78, 5) is 38.0. The van der Waals surface area contributed by atoms with Crippen molar-refractivity contribution in [1.29, 1.82) is 0 Å². The number of ether oxygens (including phenoxy) is 1. The van der Waals surface area contributed by atoms with Crippen molar-refractivity contribution in [3.8, 4) is 11.4 Å². The van der Waals surface area contributed by atoms with Gasteiger partial charge < -0.3 is 19.7 Å². The SMILES string of the molecule is Cc1nc(-c2ccc3ccnc(NC[C@H](O)C(=O)Nc4nc(C)c(C(=O)OC(C)(C)C)s4)c3c2)no1. The Bertz CT molecular complexity index is 1420. The van der Waals surface area contributed by atoms with Gasteiger partial charge in [0.2, 0.25) is 11.7 Å². The predicted octanol–water partition coefficient (Wildman–Crippen LogP) is 3.72. The van der Waals surface area contributed by atoms with Crippen molar-refractivity contribution in [3.63, 3.8) is 0 Å². The average Bonchev–Trinajstić information content (AvgIpc) is 3.41. The Kier molecular flexibility index (Phi) is 7.00. The van der Waals surface area contributed by atoms with E-state index < -0.39 is 23.6 Å². The first-order chi connectivity index (χ1) is 17.0. The monoisotopic (exact) mass is 510 g/mol. The summed E-state index contributed by atoms with van der Waals surface area (Å²) >= 11 is 0.991. The Labute approximate surface area is 210 Å². The van der Waals surface area contributed by atoms with Crippen molar-refractivity contribution >= 4 is 44.9 Å². The van der Waals surface area contributed by atoms with Crippen LogP contribution in [0.15, 0.2) is 35.0 Å². The number of benzene rings is 1. The highest BCUT2D eigenvalue weighted by Gasteiger charge is 2.24. The lowest BCUT2D eigenvalue weighted by molar-refractivity contribution is -0.123. The van der Waals surface area contributed by atoms with Gasteiger partial charge in [-0.15, -0.1) is 0 Å². The first-order valence-electron chi connectivity index (χ1n) is 11.1. The van der Waals surface area contributed by atoms with Crippen LogP contribution in [0, 0.1) is 13.8 Å². The number of pyridine rings is 1. The van der Waals surface area contributed by atoms with Gasteiger partial charge in [-0.3, -0.25) is 10.1 Å². The fraction of sp³-hybridized carbons (Fsp3) is 0.333. The highest BCUT2D eigenvalue weighted by atomic mass is 32.1. The van der Waals surface area contributed by atoms with Crippen LogP contribution < -0.4 is 10.6 Å². The number of aliphatic hydroxyl groups excluding tert-OH is 1. The molecule has 4 rings (SSSR count). The van der Waals surface area contributed by atoms with Gasteiger partial charge in [-0.25, -0.2) is 14.8 Å². The molecule has 0 saturated heterocycles. The van der Waals surface area contributed by atoms with Gasteiger partial charge in [0.05, 0.1) is 12.2 Å². The fourth-order valence-corrected chi connectivity index (χ4v) is 4.15. The van der Waals surface area contributed by atoms with E-state index in [-0.39, 0.29) is 11.7 Å². The topological polar surface area (TPSA) is 152 Å². The lowest BCUT2D eigenvalue weighted by Gasteiger charge is -2.18. The molecule has 1 aromatic carbocycles. The quantitative estimate of drug-likeness (QED) is 0.314. The number of aryl methyl sites for hydroxylation is 2. The van der Waals surface area contributed by atoms with Crippen molar-refractivity contribution in [3.05, 3.63) is 46.9 Å². The Morgan fingerprint density at radius 2 is 1.97 bits per heavy atom. The molecule has 0 radical (unpaired) electrons. The molecule has 4 aromatic rings. The summed E-state index contributed by atoms with van der Waals surface area (Å²) < 4.78 is 10.4. The average molecular weight is 511 g/mol. The summed E-state index contributed by atoms with van der Waals surface area (Å²) in [7, 11) is 0. The maximum atomic E-state index is 12.6. The number of anilines is 2. The molecule has 0 aliphatic carbocycles. The number of rotatable bonds is 7. The summed E-state index contributed by atoms with van der Waals surface area (Å²) in [6.07, 6.45) is 0.227. The zero-order valence-electron chi connectivity index (χ0n) is 20.4. The number of aromatic nitrogens is 4. The third kappa shape index (κ3) is 5.83. The maximum absolute atomic E-state index is 12.6. The van der Waals surface area contributed by atoms with E-state index in [0.717, 1.165) is 27.7 Å². The van der Waals surface area contributed by atoms with Crippen molar-refractivity contribution in [2.75, 3.05) is 17.2 Å². The Balaban J connectivity index is 1.43. The van der Waals surface area contributed by atoms with Crippen LogP contribution in [0.2, 0.25) is 0 Å². The number of hydrogen-bond donors (Lipinski definition) is 3. The Hall–Kier alpha value is -3.90. The molecule has 0 bridgehead atoms.